The van der Waals surface area contributed by atoms with E-state index < -0.39 is 5.97 Å². The Morgan fingerprint density at radius 2 is 2.26 bits per heavy atom. The summed E-state index contributed by atoms with van der Waals surface area (Å²) in [4.78, 5) is 18.5. The largest absolute Gasteiger partial charge is 0.478 e. The highest BCUT2D eigenvalue weighted by atomic mass is 35.5. The molecule has 0 radical (unpaired) electrons. The third-order valence-corrected chi connectivity index (χ3v) is 3.98. The Kier molecular flexibility index (Phi) is 4.07. The van der Waals surface area contributed by atoms with Crippen molar-refractivity contribution in [3.63, 3.8) is 0 Å². The number of anilines is 1. The SMILES string of the molecule is Cc1ncsc1CN(C)c1ccc(Cl)cc1C(=O)O. The summed E-state index contributed by atoms with van der Waals surface area (Å²) in [6.45, 7) is 2.57. The van der Waals surface area contributed by atoms with Gasteiger partial charge in [0.25, 0.3) is 0 Å². The van der Waals surface area contributed by atoms with Crippen molar-refractivity contribution in [1.29, 1.82) is 0 Å². The van der Waals surface area contributed by atoms with Gasteiger partial charge in [-0.25, -0.2) is 9.78 Å². The maximum absolute atomic E-state index is 11.3. The standard InChI is InChI=1S/C13H13ClN2O2S/c1-8-12(19-7-15-8)6-16(2)11-4-3-9(14)5-10(11)13(17)18/h3-5,7H,6H2,1-2H3,(H,17,18). The molecule has 1 aromatic carbocycles. The van der Waals surface area contributed by atoms with Crippen LogP contribution in [0.5, 0.6) is 0 Å². The molecule has 0 saturated carbocycles. The first-order valence-electron chi connectivity index (χ1n) is 5.62. The zero-order chi connectivity index (χ0) is 14.0. The van der Waals surface area contributed by atoms with Gasteiger partial charge in [-0.05, 0) is 25.1 Å². The predicted octanol–water partition coefficient (Wildman–Crippen LogP) is 3.44. The lowest BCUT2D eigenvalue weighted by Gasteiger charge is -2.21. The highest BCUT2D eigenvalue weighted by Crippen LogP contribution is 2.26. The molecule has 100 valence electrons. The van der Waals surface area contributed by atoms with Gasteiger partial charge in [-0.3, -0.25) is 0 Å². The summed E-state index contributed by atoms with van der Waals surface area (Å²) in [5, 5.41) is 9.64. The molecule has 1 heterocycles. The van der Waals surface area contributed by atoms with E-state index in [9.17, 15) is 9.90 Å². The molecule has 2 aromatic rings. The van der Waals surface area contributed by atoms with E-state index in [-0.39, 0.29) is 5.56 Å². The minimum Gasteiger partial charge on any atom is -0.478 e. The molecule has 6 heteroatoms. The Bertz CT molecular complexity index is 612. The quantitative estimate of drug-likeness (QED) is 0.939. The Morgan fingerprint density at radius 1 is 1.53 bits per heavy atom. The van der Waals surface area contributed by atoms with E-state index in [4.69, 9.17) is 11.6 Å². The summed E-state index contributed by atoms with van der Waals surface area (Å²) in [5.74, 6) is -0.981. The molecule has 0 unspecified atom stereocenters. The van der Waals surface area contributed by atoms with Crippen LogP contribution in [-0.2, 0) is 6.54 Å². The topological polar surface area (TPSA) is 53.4 Å². The minimum absolute atomic E-state index is 0.206. The molecule has 4 nitrogen and oxygen atoms in total. The van der Waals surface area contributed by atoms with E-state index in [2.05, 4.69) is 4.98 Å². The van der Waals surface area contributed by atoms with Crippen LogP contribution in [0.1, 0.15) is 20.9 Å². The second kappa shape index (κ2) is 5.59. The number of aryl methyl sites for hydroxylation is 1. The lowest BCUT2D eigenvalue weighted by molar-refractivity contribution is 0.0697. The van der Waals surface area contributed by atoms with Crippen molar-refractivity contribution in [3.8, 4) is 0 Å². The fourth-order valence-corrected chi connectivity index (χ4v) is 2.79. The molecule has 0 aliphatic carbocycles. The molecule has 1 N–H and O–H groups in total. The number of hydrogen-bond donors (Lipinski definition) is 1. The number of aromatic nitrogens is 1. The first-order chi connectivity index (χ1) is 8.99. The van der Waals surface area contributed by atoms with Gasteiger partial charge >= 0.3 is 5.97 Å². The first-order valence-corrected chi connectivity index (χ1v) is 6.87. The molecular weight excluding hydrogens is 284 g/mol. The number of carbonyl (C=O) groups is 1. The van der Waals surface area contributed by atoms with Gasteiger partial charge in [0.15, 0.2) is 0 Å². The molecule has 0 fully saturated rings. The fraction of sp³-hybridized carbons (Fsp3) is 0.231. The van der Waals surface area contributed by atoms with Crippen LogP contribution in [0.3, 0.4) is 0 Å². The van der Waals surface area contributed by atoms with Crippen molar-refractivity contribution < 1.29 is 9.90 Å². The number of benzene rings is 1. The lowest BCUT2D eigenvalue weighted by Crippen LogP contribution is -2.19. The van der Waals surface area contributed by atoms with Crippen molar-refractivity contribution in [2.75, 3.05) is 11.9 Å². The van der Waals surface area contributed by atoms with E-state index in [1.807, 2.05) is 18.9 Å². The van der Waals surface area contributed by atoms with Crippen molar-refractivity contribution in [2.24, 2.45) is 0 Å². The van der Waals surface area contributed by atoms with E-state index >= 15 is 0 Å². The summed E-state index contributed by atoms with van der Waals surface area (Å²) in [5.41, 5.74) is 3.61. The number of aromatic carboxylic acids is 1. The zero-order valence-electron chi connectivity index (χ0n) is 10.6. The molecular formula is C13H13ClN2O2S. The van der Waals surface area contributed by atoms with Gasteiger partial charge in [-0.2, -0.15) is 0 Å². The van der Waals surface area contributed by atoms with Gasteiger partial charge in [0.1, 0.15) is 0 Å². The Labute approximate surface area is 120 Å². The second-order valence-corrected chi connectivity index (χ2v) is 5.56. The van der Waals surface area contributed by atoms with Gasteiger partial charge in [0.2, 0.25) is 0 Å². The van der Waals surface area contributed by atoms with E-state index in [1.165, 1.54) is 6.07 Å². The molecule has 0 aliphatic rings. The van der Waals surface area contributed by atoms with Crippen LogP contribution in [-0.4, -0.2) is 23.1 Å². The Hall–Kier alpha value is -1.59. The van der Waals surface area contributed by atoms with Crippen molar-refractivity contribution in [1.82, 2.24) is 4.98 Å². The van der Waals surface area contributed by atoms with Crippen LogP contribution in [0.4, 0.5) is 5.69 Å². The smallest absolute Gasteiger partial charge is 0.337 e. The summed E-state index contributed by atoms with van der Waals surface area (Å²) in [7, 11) is 1.86. The van der Waals surface area contributed by atoms with Crippen LogP contribution < -0.4 is 4.90 Å². The number of hydrogen-bond acceptors (Lipinski definition) is 4. The van der Waals surface area contributed by atoms with Crippen molar-refractivity contribution in [2.45, 2.75) is 13.5 Å². The van der Waals surface area contributed by atoms with Gasteiger partial charge in [0.05, 0.1) is 29.0 Å². The van der Waals surface area contributed by atoms with Gasteiger partial charge in [-0.15, -0.1) is 11.3 Å². The van der Waals surface area contributed by atoms with Crippen LogP contribution in [0.25, 0.3) is 0 Å². The summed E-state index contributed by atoms with van der Waals surface area (Å²) in [6, 6.07) is 4.89. The number of carboxylic acids is 1. The summed E-state index contributed by atoms with van der Waals surface area (Å²) >= 11 is 7.41. The number of halogens is 1. The molecule has 0 atom stereocenters. The average molecular weight is 297 g/mol. The predicted molar refractivity (Wildman–Crippen MR) is 77.4 cm³/mol. The molecule has 0 spiro atoms. The van der Waals surface area contributed by atoms with E-state index in [0.29, 0.717) is 17.3 Å². The maximum atomic E-state index is 11.3. The molecule has 0 amide bonds. The highest BCUT2D eigenvalue weighted by Gasteiger charge is 2.15. The van der Waals surface area contributed by atoms with Gasteiger partial charge in [-0.1, -0.05) is 11.6 Å². The number of rotatable bonds is 4. The Morgan fingerprint density at radius 3 is 2.84 bits per heavy atom. The molecule has 19 heavy (non-hydrogen) atoms. The molecule has 0 saturated heterocycles. The second-order valence-electron chi connectivity index (χ2n) is 4.18. The zero-order valence-corrected chi connectivity index (χ0v) is 12.1. The monoisotopic (exact) mass is 296 g/mol. The number of thiazole rings is 1. The summed E-state index contributed by atoms with van der Waals surface area (Å²) in [6.07, 6.45) is 0. The number of carboxylic acid groups (broad SMARTS) is 1. The third-order valence-electron chi connectivity index (χ3n) is 2.83. The van der Waals surface area contributed by atoms with E-state index in [1.54, 1.807) is 29.0 Å². The van der Waals surface area contributed by atoms with Gasteiger partial charge in [0, 0.05) is 16.9 Å². The summed E-state index contributed by atoms with van der Waals surface area (Å²) < 4.78 is 0. The third kappa shape index (κ3) is 3.05. The molecule has 1 aromatic heterocycles. The van der Waals surface area contributed by atoms with Crippen LogP contribution in [0.2, 0.25) is 5.02 Å². The fourth-order valence-electron chi connectivity index (χ4n) is 1.79. The van der Waals surface area contributed by atoms with Gasteiger partial charge < -0.3 is 10.0 Å². The Balaban J connectivity index is 2.31. The maximum Gasteiger partial charge on any atom is 0.337 e. The van der Waals surface area contributed by atoms with Crippen molar-refractivity contribution >= 4 is 34.6 Å². The van der Waals surface area contributed by atoms with Crippen LogP contribution in [0, 0.1) is 6.92 Å². The highest BCUT2D eigenvalue weighted by molar-refractivity contribution is 7.09. The van der Waals surface area contributed by atoms with Crippen LogP contribution >= 0.6 is 22.9 Å². The lowest BCUT2D eigenvalue weighted by atomic mass is 10.1. The molecule has 0 bridgehead atoms. The number of nitrogens with zero attached hydrogens (tertiary/aromatic N) is 2. The average Bonchev–Trinajstić information content (AvgIpc) is 2.74. The molecule has 2 rings (SSSR count). The minimum atomic E-state index is -0.981. The van der Waals surface area contributed by atoms with Crippen LogP contribution in [0.15, 0.2) is 23.7 Å². The normalized spacial score (nSPS) is 10.5. The van der Waals surface area contributed by atoms with Crippen molar-refractivity contribution in [3.05, 3.63) is 44.9 Å². The molecule has 0 aliphatic heterocycles. The van der Waals surface area contributed by atoms with E-state index in [0.717, 1.165) is 10.6 Å². The first kappa shape index (κ1) is 13.8.